The lowest BCUT2D eigenvalue weighted by Gasteiger charge is -2.30. The van der Waals surface area contributed by atoms with Crippen molar-refractivity contribution in [2.75, 3.05) is 4.90 Å². The van der Waals surface area contributed by atoms with Gasteiger partial charge in [0.2, 0.25) is 11.8 Å². The first-order valence-corrected chi connectivity index (χ1v) is 8.83. The molecule has 0 aliphatic carbocycles. The standard InChI is InChI=1S/C20H18FN3O4/c1-11(18(22)25)24-16(12-7-9-13(21)10-8-12)15-17(28-24)20(27)23(19(15)26)14-5-3-2-4-6-14/h2-11,15-17H,1H3,(H2,22,25). The van der Waals surface area contributed by atoms with Gasteiger partial charge in [0, 0.05) is 0 Å². The summed E-state index contributed by atoms with van der Waals surface area (Å²) in [5, 5.41) is 1.28. The molecule has 0 bridgehead atoms. The molecule has 2 aliphatic heterocycles. The maximum Gasteiger partial charge on any atom is 0.265 e. The number of benzene rings is 2. The van der Waals surface area contributed by atoms with Gasteiger partial charge in [-0.25, -0.2) is 9.29 Å². The Balaban J connectivity index is 1.76. The van der Waals surface area contributed by atoms with Crippen LogP contribution in [0.1, 0.15) is 18.5 Å². The number of imide groups is 1. The minimum Gasteiger partial charge on any atom is -0.368 e. The second-order valence-corrected chi connectivity index (χ2v) is 6.83. The maximum atomic E-state index is 13.4. The minimum absolute atomic E-state index is 0.435. The van der Waals surface area contributed by atoms with Crippen molar-refractivity contribution < 1.29 is 23.6 Å². The summed E-state index contributed by atoms with van der Waals surface area (Å²) in [7, 11) is 0. The molecule has 3 amide bonds. The summed E-state index contributed by atoms with van der Waals surface area (Å²) >= 11 is 0. The Morgan fingerprint density at radius 3 is 2.32 bits per heavy atom. The third kappa shape index (κ3) is 2.78. The molecule has 2 saturated heterocycles. The van der Waals surface area contributed by atoms with Gasteiger partial charge in [0.1, 0.15) is 11.9 Å². The summed E-state index contributed by atoms with van der Waals surface area (Å²) in [5.74, 6) is -2.91. The molecule has 8 heteroatoms. The van der Waals surface area contributed by atoms with Gasteiger partial charge >= 0.3 is 0 Å². The number of anilines is 1. The lowest BCUT2D eigenvalue weighted by molar-refractivity contribution is -0.191. The number of amides is 3. The largest absolute Gasteiger partial charge is 0.368 e. The van der Waals surface area contributed by atoms with Crippen LogP contribution in [-0.2, 0) is 19.2 Å². The fraction of sp³-hybridized carbons (Fsp3) is 0.250. The first-order valence-electron chi connectivity index (χ1n) is 8.83. The maximum absolute atomic E-state index is 13.4. The van der Waals surface area contributed by atoms with Crippen LogP contribution in [-0.4, -0.2) is 34.9 Å². The van der Waals surface area contributed by atoms with Gasteiger partial charge in [-0.3, -0.25) is 19.2 Å². The van der Waals surface area contributed by atoms with E-state index < -0.39 is 47.6 Å². The molecule has 2 fully saturated rings. The molecule has 28 heavy (non-hydrogen) atoms. The number of fused-ring (bicyclic) bond motifs is 1. The Kier molecular flexibility index (Phi) is 4.44. The van der Waals surface area contributed by atoms with Gasteiger partial charge in [-0.05, 0) is 36.8 Å². The van der Waals surface area contributed by atoms with Crippen molar-refractivity contribution >= 4 is 23.4 Å². The van der Waals surface area contributed by atoms with Crippen LogP contribution in [0, 0.1) is 11.7 Å². The Labute approximate surface area is 160 Å². The van der Waals surface area contributed by atoms with Crippen molar-refractivity contribution in [2.45, 2.75) is 25.1 Å². The topological polar surface area (TPSA) is 92.9 Å². The number of hydrogen-bond donors (Lipinski definition) is 1. The van der Waals surface area contributed by atoms with E-state index in [0.717, 1.165) is 4.90 Å². The third-order valence-electron chi connectivity index (χ3n) is 5.16. The van der Waals surface area contributed by atoms with Crippen molar-refractivity contribution in [3.05, 3.63) is 66.0 Å². The van der Waals surface area contributed by atoms with Gasteiger partial charge in [-0.2, -0.15) is 5.06 Å². The highest BCUT2D eigenvalue weighted by Crippen LogP contribution is 2.46. The molecule has 0 radical (unpaired) electrons. The summed E-state index contributed by atoms with van der Waals surface area (Å²) in [6, 6.07) is 12.4. The molecular formula is C20H18FN3O4. The van der Waals surface area contributed by atoms with E-state index in [1.807, 2.05) is 0 Å². The smallest absolute Gasteiger partial charge is 0.265 e. The van der Waals surface area contributed by atoms with E-state index in [4.69, 9.17) is 10.6 Å². The van der Waals surface area contributed by atoms with Crippen LogP contribution in [0.2, 0.25) is 0 Å². The van der Waals surface area contributed by atoms with E-state index in [0.29, 0.717) is 11.3 Å². The van der Waals surface area contributed by atoms with Gasteiger partial charge in [0.15, 0.2) is 6.10 Å². The second-order valence-electron chi connectivity index (χ2n) is 6.83. The van der Waals surface area contributed by atoms with Crippen LogP contribution >= 0.6 is 0 Å². The molecule has 4 rings (SSSR count). The average Bonchev–Trinajstić information content (AvgIpc) is 3.19. The molecule has 0 spiro atoms. The lowest BCUT2D eigenvalue weighted by Crippen LogP contribution is -2.45. The number of nitrogens with zero attached hydrogens (tertiary/aromatic N) is 2. The normalized spacial score (nSPS) is 25.8. The van der Waals surface area contributed by atoms with E-state index in [-0.39, 0.29) is 0 Å². The molecule has 2 heterocycles. The number of hydroxylamine groups is 2. The molecular weight excluding hydrogens is 365 g/mol. The zero-order chi connectivity index (χ0) is 20.0. The highest BCUT2D eigenvalue weighted by Gasteiger charge is 2.61. The average molecular weight is 383 g/mol. The lowest BCUT2D eigenvalue weighted by atomic mass is 9.90. The van der Waals surface area contributed by atoms with Crippen LogP contribution in [0.5, 0.6) is 0 Å². The Morgan fingerprint density at radius 2 is 1.71 bits per heavy atom. The number of para-hydroxylation sites is 1. The number of carbonyl (C=O) groups excluding carboxylic acids is 3. The van der Waals surface area contributed by atoms with Crippen LogP contribution < -0.4 is 10.6 Å². The highest BCUT2D eigenvalue weighted by atomic mass is 19.1. The van der Waals surface area contributed by atoms with Crippen LogP contribution in [0.15, 0.2) is 54.6 Å². The highest BCUT2D eigenvalue weighted by molar-refractivity contribution is 6.23. The van der Waals surface area contributed by atoms with Crippen molar-refractivity contribution in [2.24, 2.45) is 11.7 Å². The molecule has 4 unspecified atom stereocenters. The predicted molar refractivity (Wildman–Crippen MR) is 96.9 cm³/mol. The summed E-state index contributed by atoms with van der Waals surface area (Å²) in [4.78, 5) is 44.7. The molecule has 4 atom stereocenters. The van der Waals surface area contributed by atoms with Gasteiger partial charge in [0.25, 0.3) is 5.91 Å². The van der Waals surface area contributed by atoms with Gasteiger partial charge in [0.05, 0.1) is 17.6 Å². The molecule has 2 aliphatic rings. The monoisotopic (exact) mass is 383 g/mol. The molecule has 0 saturated carbocycles. The first kappa shape index (κ1) is 18.3. The van der Waals surface area contributed by atoms with E-state index in [1.54, 1.807) is 30.3 Å². The van der Waals surface area contributed by atoms with Crippen molar-refractivity contribution in [3.8, 4) is 0 Å². The van der Waals surface area contributed by atoms with Gasteiger partial charge in [-0.1, -0.05) is 30.3 Å². The number of nitrogens with two attached hydrogens (primary N) is 1. The summed E-state index contributed by atoms with van der Waals surface area (Å²) in [6.07, 6.45) is -1.08. The van der Waals surface area contributed by atoms with Crippen LogP contribution in [0.25, 0.3) is 0 Å². The van der Waals surface area contributed by atoms with Crippen LogP contribution in [0.4, 0.5) is 10.1 Å². The number of rotatable bonds is 4. The van der Waals surface area contributed by atoms with Crippen LogP contribution in [0.3, 0.4) is 0 Å². The van der Waals surface area contributed by atoms with Crippen molar-refractivity contribution in [3.63, 3.8) is 0 Å². The summed E-state index contributed by atoms with van der Waals surface area (Å²) in [5.41, 5.74) is 6.42. The predicted octanol–water partition coefficient (Wildman–Crippen LogP) is 1.55. The number of hydrogen-bond acceptors (Lipinski definition) is 5. The number of halogens is 1. The van der Waals surface area contributed by atoms with Gasteiger partial charge < -0.3 is 5.73 Å². The summed E-state index contributed by atoms with van der Waals surface area (Å²) < 4.78 is 13.4. The van der Waals surface area contributed by atoms with E-state index in [1.165, 1.54) is 36.3 Å². The Morgan fingerprint density at radius 1 is 1.07 bits per heavy atom. The third-order valence-corrected chi connectivity index (χ3v) is 5.16. The van der Waals surface area contributed by atoms with E-state index >= 15 is 0 Å². The molecule has 2 aromatic rings. The summed E-state index contributed by atoms with van der Waals surface area (Å²) in [6.45, 7) is 1.53. The second kappa shape index (κ2) is 6.81. The molecule has 2 aromatic carbocycles. The fourth-order valence-electron chi connectivity index (χ4n) is 3.74. The quantitative estimate of drug-likeness (QED) is 0.809. The Hall–Kier alpha value is -3.10. The molecule has 2 N–H and O–H groups in total. The fourth-order valence-corrected chi connectivity index (χ4v) is 3.74. The van der Waals surface area contributed by atoms with Crippen molar-refractivity contribution in [1.29, 1.82) is 0 Å². The SMILES string of the molecule is CC(C(N)=O)N1OC2C(=O)N(c3ccccc3)C(=O)C2C1c1ccc(F)cc1. The first-order chi connectivity index (χ1) is 13.4. The van der Waals surface area contributed by atoms with E-state index in [9.17, 15) is 18.8 Å². The molecule has 144 valence electrons. The molecule has 7 nitrogen and oxygen atoms in total. The van der Waals surface area contributed by atoms with E-state index in [2.05, 4.69) is 0 Å². The molecule has 0 aromatic heterocycles. The number of carbonyl (C=O) groups is 3. The zero-order valence-electron chi connectivity index (χ0n) is 15.0. The zero-order valence-corrected chi connectivity index (χ0v) is 15.0. The minimum atomic E-state index is -1.08. The Bertz CT molecular complexity index is 934. The van der Waals surface area contributed by atoms with Gasteiger partial charge in [-0.15, -0.1) is 0 Å². The number of primary amides is 1. The van der Waals surface area contributed by atoms with Crippen molar-refractivity contribution in [1.82, 2.24) is 5.06 Å².